The Hall–Kier alpha value is -2.44. The quantitative estimate of drug-likeness (QED) is 0.562. The van der Waals surface area contributed by atoms with Gasteiger partial charge in [-0.25, -0.2) is 5.01 Å². The lowest BCUT2D eigenvalue weighted by Crippen LogP contribution is -2.36. The SMILES string of the molecule is S=C(NCc1ccccc1)N1N=C(c2ccco2)C[C@H]1c1ccc(Br)cc1. The highest BCUT2D eigenvalue weighted by molar-refractivity contribution is 9.10. The van der Waals surface area contributed by atoms with Crippen molar-refractivity contribution in [3.63, 3.8) is 0 Å². The van der Waals surface area contributed by atoms with E-state index in [4.69, 9.17) is 21.7 Å². The molecule has 1 aliphatic heterocycles. The first-order valence-electron chi connectivity index (χ1n) is 8.68. The van der Waals surface area contributed by atoms with Gasteiger partial charge in [-0.15, -0.1) is 0 Å². The number of nitrogens with zero attached hydrogens (tertiary/aromatic N) is 2. The van der Waals surface area contributed by atoms with E-state index in [1.165, 1.54) is 5.56 Å². The van der Waals surface area contributed by atoms with Gasteiger partial charge in [-0.05, 0) is 47.6 Å². The zero-order chi connectivity index (χ0) is 18.6. The van der Waals surface area contributed by atoms with Crippen LogP contribution in [0.5, 0.6) is 0 Å². The molecule has 0 amide bonds. The normalized spacial score (nSPS) is 16.3. The number of hydrogen-bond donors (Lipinski definition) is 1. The van der Waals surface area contributed by atoms with E-state index in [0.717, 1.165) is 27.9 Å². The second-order valence-corrected chi connectivity index (χ2v) is 7.59. The van der Waals surface area contributed by atoms with Gasteiger partial charge in [0, 0.05) is 17.4 Å². The Labute approximate surface area is 172 Å². The van der Waals surface area contributed by atoms with Crippen molar-refractivity contribution < 1.29 is 4.42 Å². The van der Waals surface area contributed by atoms with Crippen LogP contribution >= 0.6 is 28.1 Å². The van der Waals surface area contributed by atoms with E-state index in [0.29, 0.717) is 11.7 Å². The lowest BCUT2D eigenvalue weighted by atomic mass is 10.0. The summed E-state index contributed by atoms with van der Waals surface area (Å²) in [6, 6.07) is 22.3. The van der Waals surface area contributed by atoms with E-state index in [9.17, 15) is 0 Å². The average Bonchev–Trinajstić information content (AvgIpc) is 3.37. The van der Waals surface area contributed by atoms with Gasteiger partial charge in [0.15, 0.2) is 5.11 Å². The molecule has 0 fully saturated rings. The Balaban J connectivity index is 1.56. The molecule has 0 radical (unpaired) electrons. The van der Waals surface area contributed by atoms with Crippen LogP contribution in [0, 0.1) is 0 Å². The maximum Gasteiger partial charge on any atom is 0.190 e. The van der Waals surface area contributed by atoms with Gasteiger partial charge in [0.25, 0.3) is 0 Å². The predicted molar refractivity (Wildman–Crippen MR) is 114 cm³/mol. The molecule has 136 valence electrons. The van der Waals surface area contributed by atoms with Gasteiger partial charge in [-0.2, -0.15) is 5.10 Å². The van der Waals surface area contributed by atoms with Gasteiger partial charge in [0.2, 0.25) is 0 Å². The molecule has 1 N–H and O–H groups in total. The third-order valence-corrected chi connectivity index (χ3v) is 5.33. The molecule has 0 saturated heterocycles. The molecule has 3 aromatic rings. The van der Waals surface area contributed by atoms with Gasteiger partial charge < -0.3 is 9.73 Å². The second-order valence-electron chi connectivity index (χ2n) is 6.28. The van der Waals surface area contributed by atoms with Crippen LogP contribution in [0.1, 0.15) is 29.3 Å². The molecular formula is C21H18BrN3OS. The molecule has 0 aliphatic carbocycles. The maximum atomic E-state index is 5.67. The Kier molecular flexibility index (Phi) is 5.36. The van der Waals surface area contributed by atoms with Crippen molar-refractivity contribution in [1.82, 2.24) is 10.3 Å². The molecule has 4 nitrogen and oxygen atoms in total. The van der Waals surface area contributed by atoms with Crippen molar-refractivity contribution in [2.45, 2.75) is 19.0 Å². The number of hydrazone groups is 1. The van der Waals surface area contributed by atoms with E-state index < -0.39 is 0 Å². The molecule has 1 aliphatic rings. The Morgan fingerprint density at radius 3 is 2.59 bits per heavy atom. The van der Waals surface area contributed by atoms with Gasteiger partial charge in [0.1, 0.15) is 11.5 Å². The van der Waals surface area contributed by atoms with Gasteiger partial charge in [-0.1, -0.05) is 58.4 Å². The molecule has 0 spiro atoms. The summed E-state index contributed by atoms with van der Waals surface area (Å²) < 4.78 is 6.60. The molecule has 4 rings (SSSR count). The molecule has 0 saturated carbocycles. The Morgan fingerprint density at radius 1 is 1.11 bits per heavy atom. The van der Waals surface area contributed by atoms with Crippen LogP contribution in [-0.4, -0.2) is 15.8 Å². The summed E-state index contributed by atoms with van der Waals surface area (Å²) in [5.74, 6) is 0.783. The van der Waals surface area contributed by atoms with Crippen LogP contribution in [-0.2, 0) is 6.54 Å². The van der Waals surface area contributed by atoms with Crippen LogP contribution in [0.25, 0.3) is 0 Å². The second kappa shape index (κ2) is 8.06. The van der Waals surface area contributed by atoms with Crippen molar-refractivity contribution in [3.8, 4) is 0 Å². The molecule has 1 atom stereocenters. The number of halogens is 1. The predicted octanol–water partition coefficient (Wildman–Crippen LogP) is 5.27. The van der Waals surface area contributed by atoms with Crippen LogP contribution in [0.15, 0.2) is 87.0 Å². The largest absolute Gasteiger partial charge is 0.463 e. The van der Waals surface area contributed by atoms with Crippen LogP contribution in [0.2, 0.25) is 0 Å². The van der Waals surface area contributed by atoms with E-state index in [2.05, 4.69) is 45.5 Å². The fourth-order valence-corrected chi connectivity index (χ4v) is 3.59. The van der Waals surface area contributed by atoms with E-state index in [1.54, 1.807) is 6.26 Å². The standard InChI is InChI=1S/C21H18BrN3OS/c22-17-10-8-16(9-11-17)19-13-18(20-7-4-12-26-20)24-25(19)21(27)23-14-15-5-2-1-3-6-15/h1-12,19H,13-14H2,(H,23,27)/t19-/m0/s1. The van der Waals surface area contributed by atoms with Crippen LogP contribution in [0.4, 0.5) is 0 Å². The average molecular weight is 440 g/mol. The van der Waals surface area contributed by atoms with Gasteiger partial charge in [-0.3, -0.25) is 0 Å². The number of rotatable bonds is 4. The summed E-state index contributed by atoms with van der Waals surface area (Å²) >= 11 is 9.16. The zero-order valence-corrected chi connectivity index (χ0v) is 16.9. The molecule has 27 heavy (non-hydrogen) atoms. The first-order valence-corrected chi connectivity index (χ1v) is 9.88. The molecule has 2 aromatic carbocycles. The summed E-state index contributed by atoms with van der Waals surface area (Å²) in [5.41, 5.74) is 3.23. The van der Waals surface area contributed by atoms with Crippen molar-refractivity contribution in [1.29, 1.82) is 0 Å². The minimum Gasteiger partial charge on any atom is -0.463 e. The van der Waals surface area contributed by atoms with Crippen molar-refractivity contribution in [2.75, 3.05) is 0 Å². The molecule has 2 heterocycles. The van der Waals surface area contributed by atoms with E-state index in [-0.39, 0.29) is 6.04 Å². The zero-order valence-electron chi connectivity index (χ0n) is 14.5. The van der Waals surface area contributed by atoms with Crippen LogP contribution < -0.4 is 5.32 Å². The molecular weight excluding hydrogens is 422 g/mol. The van der Waals surface area contributed by atoms with Gasteiger partial charge in [0.05, 0.1) is 12.3 Å². The number of benzene rings is 2. The molecule has 1 aromatic heterocycles. The van der Waals surface area contributed by atoms with Crippen molar-refractivity contribution >= 4 is 39.0 Å². The van der Waals surface area contributed by atoms with Crippen molar-refractivity contribution in [2.24, 2.45) is 5.10 Å². The number of furan rings is 1. The first kappa shape index (κ1) is 17.9. The van der Waals surface area contributed by atoms with Gasteiger partial charge >= 0.3 is 0 Å². The topological polar surface area (TPSA) is 40.8 Å². The summed E-state index contributed by atoms with van der Waals surface area (Å²) in [7, 11) is 0. The molecule has 0 bridgehead atoms. The van der Waals surface area contributed by atoms with Crippen LogP contribution in [0.3, 0.4) is 0 Å². The fraction of sp³-hybridized carbons (Fsp3) is 0.143. The smallest absolute Gasteiger partial charge is 0.190 e. The summed E-state index contributed by atoms with van der Waals surface area (Å²) in [4.78, 5) is 0. The highest BCUT2D eigenvalue weighted by atomic mass is 79.9. The number of hydrogen-bond acceptors (Lipinski definition) is 3. The Morgan fingerprint density at radius 2 is 1.89 bits per heavy atom. The third kappa shape index (κ3) is 4.12. The van der Waals surface area contributed by atoms with E-state index >= 15 is 0 Å². The monoisotopic (exact) mass is 439 g/mol. The molecule has 0 unspecified atom stereocenters. The summed E-state index contributed by atoms with van der Waals surface area (Å²) in [5, 5.41) is 10.6. The minimum atomic E-state index is 0.0361. The minimum absolute atomic E-state index is 0.0361. The fourth-order valence-electron chi connectivity index (χ4n) is 3.09. The lowest BCUT2D eigenvalue weighted by Gasteiger charge is -2.25. The highest BCUT2D eigenvalue weighted by Crippen LogP contribution is 2.33. The summed E-state index contributed by atoms with van der Waals surface area (Å²) in [6.07, 6.45) is 2.41. The number of thiocarbonyl (C=S) groups is 1. The third-order valence-electron chi connectivity index (χ3n) is 4.47. The van der Waals surface area contributed by atoms with Crippen molar-refractivity contribution in [3.05, 3.63) is 94.4 Å². The van der Waals surface area contributed by atoms with E-state index in [1.807, 2.05) is 47.5 Å². The summed E-state index contributed by atoms with van der Waals surface area (Å²) in [6.45, 7) is 0.662. The maximum absolute atomic E-state index is 5.67. The first-order chi connectivity index (χ1) is 13.2. The number of nitrogens with one attached hydrogen (secondary N) is 1. The lowest BCUT2D eigenvalue weighted by molar-refractivity contribution is 0.364. The highest BCUT2D eigenvalue weighted by Gasteiger charge is 2.32. The Bertz CT molecular complexity index is 939. The molecule has 6 heteroatoms.